The monoisotopic (exact) mass is 422 g/mol. The molecule has 30 heavy (non-hydrogen) atoms. The molecule has 0 radical (unpaired) electrons. The first kappa shape index (κ1) is 20.0. The minimum absolute atomic E-state index is 0.0820. The Morgan fingerprint density at radius 2 is 1.87 bits per heavy atom. The first-order chi connectivity index (χ1) is 14.7. The summed E-state index contributed by atoms with van der Waals surface area (Å²) in [4.78, 5) is 20.6. The zero-order chi connectivity index (χ0) is 20.8. The Morgan fingerprint density at radius 1 is 1.07 bits per heavy atom. The molecule has 0 saturated carbocycles. The summed E-state index contributed by atoms with van der Waals surface area (Å²) in [5.41, 5.74) is 2.67. The molecule has 0 aliphatic carbocycles. The summed E-state index contributed by atoms with van der Waals surface area (Å²) in [6.45, 7) is 0.783. The molecule has 0 spiro atoms. The van der Waals surface area contributed by atoms with E-state index in [4.69, 9.17) is 0 Å². The fraction of sp³-hybridized carbons (Fsp3) is 0.190. The average Bonchev–Trinajstić information content (AvgIpc) is 3.18. The number of amides is 1. The first-order valence-corrected chi connectivity index (χ1v) is 10.4. The quantitative estimate of drug-likeness (QED) is 0.347. The molecule has 2 aromatic heterocycles. The Hall–Kier alpha value is -3.33. The Balaban J connectivity index is 1.37. The molecular formula is C21H19FN6OS. The number of carbonyl (C=O) groups is 1. The molecule has 7 nitrogen and oxygen atoms in total. The molecule has 0 bridgehead atoms. The summed E-state index contributed by atoms with van der Waals surface area (Å²) < 4.78 is 15.5. The molecule has 1 amide bonds. The van der Waals surface area contributed by atoms with Crippen molar-refractivity contribution in [1.82, 2.24) is 30.3 Å². The van der Waals surface area contributed by atoms with E-state index < -0.39 is 0 Å². The van der Waals surface area contributed by atoms with Crippen molar-refractivity contribution in [3.05, 3.63) is 77.9 Å². The second kappa shape index (κ2) is 9.45. The molecular weight excluding hydrogens is 403 g/mol. The van der Waals surface area contributed by atoms with Crippen LogP contribution in [-0.4, -0.2) is 43.2 Å². The zero-order valence-corrected chi connectivity index (χ0v) is 16.8. The van der Waals surface area contributed by atoms with Gasteiger partial charge in [-0.25, -0.2) is 19.0 Å². The number of nitrogens with one attached hydrogen (secondary N) is 1. The fourth-order valence-electron chi connectivity index (χ4n) is 2.95. The van der Waals surface area contributed by atoms with Crippen LogP contribution in [0.4, 0.5) is 4.39 Å². The van der Waals surface area contributed by atoms with Crippen LogP contribution in [0.25, 0.3) is 11.2 Å². The largest absolute Gasteiger partial charge is 0.355 e. The van der Waals surface area contributed by atoms with Crippen molar-refractivity contribution in [3.8, 4) is 0 Å². The van der Waals surface area contributed by atoms with Crippen molar-refractivity contribution in [3.63, 3.8) is 0 Å². The third kappa shape index (κ3) is 4.80. The molecule has 4 rings (SSSR count). The van der Waals surface area contributed by atoms with E-state index in [0.29, 0.717) is 28.3 Å². The molecule has 4 aromatic rings. The molecule has 1 N–H and O–H groups in total. The predicted molar refractivity (Wildman–Crippen MR) is 112 cm³/mol. The highest BCUT2D eigenvalue weighted by Crippen LogP contribution is 2.22. The number of nitrogens with zero attached hydrogens (tertiary/aromatic N) is 5. The molecule has 0 atom stereocenters. The molecule has 0 aliphatic heterocycles. The Kier molecular flexibility index (Phi) is 6.29. The van der Waals surface area contributed by atoms with Crippen LogP contribution >= 0.6 is 11.8 Å². The van der Waals surface area contributed by atoms with E-state index in [0.717, 1.165) is 6.42 Å². The second-order valence-electron chi connectivity index (χ2n) is 6.56. The molecule has 0 unspecified atom stereocenters. The van der Waals surface area contributed by atoms with Crippen LogP contribution in [0.5, 0.6) is 0 Å². The summed E-state index contributed by atoms with van der Waals surface area (Å²) >= 11 is 1.27. The van der Waals surface area contributed by atoms with Crippen molar-refractivity contribution in [2.24, 2.45) is 0 Å². The highest BCUT2D eigenvalue weighted by Gasteiger charge is 2.14. The van der Waals surface area contributed by atoms with Crippen LogP contribution in [0.3, 0.4) is 0 Å². The van der Waals surface area contributed by atoms with Crippen molar-refractivity contribution in [1.29, 1.82) is 0 Å². The number of aromatic nitrogens is 5. The summed E-state index contributed by atoms with van der Waals surface area (Å²) in [7, 11) is 0. The lowest BCUT2D eigenvalue weighted by atomic mass is 10.1. The van der Waals surface area contributed by atoms with Crippen LogP contribution < -0.4 is 5.32 Å². The summed E-state index contributed by atoms with van der Waals surface area (Å²) in [5, 5.41) is 11.7. The van der Waals surface area contributed by atoms with Gasteiger partial charge in [-0.2, -0.15) is 0 Å². The van der Waals surface area contributed by atoms with Crippen molar-refractivity contribution in [2.45, 2.75) is 18.0 Å². The predicted octanol–water partition coefficient (Wildman–Crippen LogP) is 2.86. The van der Waals surface area contributed by atoms with Crippen LogP contribution in [0.1, 0.15) is 11.1 Å². The Labute approximate surface area is 176 Å². The number of halogens is 1. The van der Waals surface area contributed by atoms with Gasteiger partial charge in [-0.3, -0.25) is 4.79 Å². The number of hydrogen-bond donors (Lipinski definition) is 1. The molecule has 2 aromatic carbocycles. The van der Waals surface area contributed by atoms with Crippen molar-refractivity contribution < 1.29 is 9.18 Å². The third-order valence-electron chi connectivity index (χ3n) is 4.46. The van der Waals surface area contributed by atoms with Gasteiger partial charge in [0.2, 0.25) is 5.91 Å². The Morgan fingerprint density at radius 3 is 2.70 bits per heavy atom. The summed E-state index contributed by atoms with van der Waals surface area (Å²) in [6.07, 6.45) is 2.18. The van der Waals surface area contributed by atoms with E-state index in [1.54, 1.807) is 18.2 Å². The maximum absolute atomic E-state index is 13.9. The maximum Gasteiger partial charge on any atom is 0.230 e. The van der Waals surface area contributed by atoms with Gasteiger partial charge in [0.25, 0.3) is 0 Å². The van der Waals surface area contributed by atoms with E-state index in [2.05, 4.69) is 25.6 Å². The lowest BCUT2D eigenvalue weighted by molar-refractivity contribution is -0.118. The van der Waals surface area contributed by atoms with E-state index in [9.17, 15) is 9.18 Å². The maximum atomic E-state index is 13.9. The summed E-state index contributed by atoms with van der Waals surface area (Å²) in [6, 6.07) is 16.5. The van der Waals surface area contributed by atoms with E-state index >= 15 is 0 Å². The normalized spacial score (nSPS) is 11.0. The SMILES string of the molecule is O=C(CSc1ncnc2c1nnn2Cc1ccccc1F)NCCc1ccccc1. The smallest absolute Gasteiger partial charge is 0.230 e. The fourth-order valence-corrected chi connectivity index (χ4v) is 3.71. The van der Waals surface area contributed by atoms with Gasteiger partial charge < -0.3 is 5.32 Å². The van der Waals surface area contributed by atoms with E-state index in [-0.39, 0.29) is 24.0 Å². The van der Waals surface area contributed by atoms with Crippen LogP contribution in [0.2, 0.25) is 0 Å². The number of carbonyl (C=O) groups excluding carboxylic acids is 1. The van der Waals surface area contributed by atoms with Crippen LogP contribution in [0, 0.1) is 5.82 Å². The van der Waals surface area contributed by atoms with Gasteiger partial charge in [-0.05, 0) is 18.1 Å². The summed E-state index contributed by atoms with van der Waals surface area (Å²) in [5.74, 6) is -0.181. The first-order valence-electron chi connectivity index (χ1n) is 9.42. The van der Waals surface area contributed by atoms with Gasteiger partial charge >= 0.3 is 0 Å². The van der Waals surface area contributed by atoms with Gasteiger partial charge in [0.15, 0.2) is 11.2 Å². The molecule has 2 heterocycles. The molecule has 9 heteroatoms. The highest BCUT2D eigenvalue weighted by molar-refractivity contribution is 8.00. The van der Waals surface area contributed by atoms with Crippen LogP contribution in [0.15, 0.2) is 66.0 Å². The second-order valence-corrected chi connectivity index (χ2v) is 7.53. The van der Waals surface area contributed by atoms with Gasteiger partial charge in [0.05, 0.1) is 12.3 Å². The van der Waals surface area contributed by atoms with E-state index in [1.807, 2.05) is 30.3 Å². The van der Waals surface area contributed by atoms with Crippen LogP contribution in [-0.2, 0) is 17.8 Å². The molecule has 152 valence electrons. The Bertz CT molecular complexity index is 1150. The molecule has 0 saturated heterocycles. The standard InChI is InChI=1S/C21H19FN6OS/c22-17-9-5-4-8-16(17)12-28-20-19(26-27-28)21(25-14-24-20)30-13-18(29)23-11-10-15-6-2-1-3-7-15/h1-9,14H,10-13H2,(H,23,29). The van der Waals surface area contributed by atoms with Gasteiger partial charge in [-0.1, -0.05) is 65.5 Å². The highest BCUT2D eigenvalue weighted by atomic mass is 32.2. The van der Waals surface area contributed by atoms with Gasteiger partial charge in [0, 0.05) is 12.1 Å². The van der Waals surface area contributed by atoms with Gasteiger partial charge in [0.1, 0.15) is 17.2 Å². The number of fused-ring (bicyclic) bond motifs is 1. The number of benzene rings is 2. The number of rotatable bonds is 8. The number of thioether (sulfide) groups is 1. The zero-order valence-electron chi connectivity index (χ0n) is 16.0. The topological polar surface area (TPSA) is 85.6 Å². The van der Waals surface area contributed by atoms with E-state index in [1.165, 1.54) is 34.4 Å². The van der Waals surface area contributed by atoms with Gasteiger partial charge in [-0.15, -0.1) is 5.10 Å². The minimum atomic E-state index is -0.308. The number of hydrogen-bond acceptors (Lipinski definition) is 6. The molecule has 0 aliphatic rings. The minimum Gasteiger partial charge on any atom is -0.355 e. The average molecular weight is 422 g/mol. The van der Waals surface area contributed by atoms with Crippen molar-refractivity contribution >= 4 is 28.8 Å². The van der Waals surface area contributed by atoms with Crippen molar-refractivity contribution in [2.75, 3.05) is 12.3 Å². The lowest BCUT2D eigenvalue weighted by Gasteiger charge is -2.06. The lowest BCUT2D eigenvalue weighted by Crippen LogP contribution is -2.27. The third-order valence-corrected chi connectivity index (χ3v) is 5.44. The molecule has 0 fully saturated rings.